The number of hydrogen-bond donors (Lipinski definition) is 0. The van der Waals surface area contributed by atoms with E-state index in [9.17, 15) is 13.2 Å². The first-order chi connectivity index (χ1) is 9.18. The van der Waals surface area contributed by atoms with E-state index in [1.54, 1.807) is 24.9 Å². The van der Waals surface area contributed by atoms with Gasteiger partial charge in [-0.15, -0.1) is 0 Å². The second-order valence-electron chi connectivity index (χ2n) is 5.63. The Hall–Kier alpha value is -1.07. The van der Waals surface area contributed by atoms with E-state index in [4.69, 9.17) is 10.7 Å². The molecule has 110 valence electrons. The summed E-state index contributed by atoms with van der Waals surface area (Å²) < 4.78 is 22.8. The molecule has 0 heterocycles. The zero-order valence-electron chi connectivity index (χ0n) is 11.8. The van der Waals surface area contributed by atoms with Gasteiger partial charge in [0.1, 0.15) is 0 Å². The topological polar surface area (TPSA) is 54.5 Å². The maximum atomic E-state index is 12.3. The highest BCUT2D eigenvalue weighted by Gasteiger charge is 2.34. The predicted molar refractivity (Wildman–Crippen MR) is 78.4 cm³/mol. The molecule has 1 aromatic carbocycles. The van der Waals surface area contributed by atoms with Crippen LogP contribution in [-0.2, 0) is 9.05 Å². The number of aryl methyl sites for hydroxylation is 1. The number of hydrogen-bond acceptors (Lipinski definition) is 3. The number of amides is 1. The maximum absolute atomic E-state index is 12.3. The van der Waals surface area contributed by atoms with Gasteiger partial charge in [0.05, 0.1) is 4.90 Å². The summed E-state index contributed by atoms with van der Waals surface area (Å²) in [4.78, 5) is 13.9. The summed E-state index contributed by atoms with van der Waals surface area (Å²) >= 11 is 0. The van der Waals surface area contributed by atoms with Gasteiger partial charge in [0.15, 0.2) is 0 Å². The quantitative estimate of drug-likeness (QED) is 0.803. The zero-order chi connectivity index (χ0) is 15.1. The van der Waals surface area contributed by atoms with Crippen LogP contribution in [0.15, 0.2) is 23.1 Å². The minimum Gasteiger partial charge on any atom is -0.341 e. The molecule has 1 aromatic rings. The van der Waals surface area contributed by atoms with Gasteiger partial charge in [-0.25, -0.2) is 8.42 Å². The summed E-state index contributed by atoms with van der Waals surface area (Å²) in [5.41, 5.74) is 1.06. The molecule has 20 heavy (non-hydrogen) atoms. The van der Waals surface area contributed by atoms with Crippen molar-refractivity contribution in [1.29, 1.82) is 0 Å². The normalized spacial score (nSPS) is 21.6. The largest absolute Gasteiger partial charge is 0.341 e. The molecular formula is C14H18ClNO3S. The number of carbonyl (C=O) groups is 1. The Bertz CT molecular complexity index is 642. The molecule has 4 nitrogen and oxygen atoms in total. The van der Waals surface area contributed by atoms with Crippen LogP contribution in [0.2, 0.25) is 0 Å². The van der Waals surface area contributed by atoms with Gasteiger partial charge in [0.25, 0.3) is 15.0 Å². The van der Waals surface area contributed by atoms with Gasteiger partial charge in [0.2, 0.25) is 0 Å². The van der Waals surface area contributed by atoms with E-state index in [-0.39, 0.29) is 10.8 Å². The highest BCUT2D eigenvalue weighted by Crippen LogP contribution is 2.38. The van der Waals surface area contributed by atoms with E-state index in [0.29, 0.717) is 29.5 Å². The van der Waals surface area contributed by atoms with E-state index < -0.39 is 9.05 Å². The molecule has 0 spiro atoms. The summed E-state index contributed by atoms with van der Waals surface area (Å²) in [5.74, 6) is 1.06. The van der Waals surface area contributed by atoms with E-state index in [1.807, 2.05) is 0 Å². The third kappa shape index (κ3) is 3.52. The zero-order valence-corrected chi connectivity index (χ0v) is 13.3. The molecule has 0 radical (unpaired) electrons. The van der Waals surface area contributed by atoms with Crippen molar-refractivity contribution in [3.05, 3.63) is 29.3 Å². The Kier molecular flexibility index (Phi) is 4.12. The average molecular weight is 316 g/mol. The number of nitrogens with zero attached hydrogens (tertiary/aromatic N) is 1. The fourth-order valence-corrected chi connectivity index (χ4v) is 3.18. The molecule has 1 aliphatic carbocycles. The minimum atomic E-state index is -3.83. The number of halogens is 1. The smallest absolute Gasteiger partial charge is 0.261 e. The minimum absolute atomic E-state index is 0.0318. The monoisotopic (exact) mass is 315 g/mol. The maximum Gasteiger partial charge on any atom is 0.261 e. The molecule has 2 unspecified atom stereocenters. The molecular weight excluding hydrogens is 298 g/mol. The van der Waals surface area contributed by atoms with Crippen molar-refractivity contribution in [3.63, 3.8) is 0 Å². The lowest BCUT2D eigenvalue weighted by Crippen LogP contribution is -2.29. The first-order valence-electron chi connectivity index (χ1n) is 6.50. The molecule has 1 fully saturated rings. The summed E-state index contributed by atoms with van der Waals surface area (Å²) in [6.45, 7) is 4.61. The Morgan fingerprint density at radius 1 is 1.40 bits per heavy atom. The second-order valence-corrected chi connectivity index (χ2v) is 8.20. The molecule has 1 aliphatic rings. The van der Waals surface area contributed by atoms with Crippen LogP contribution in [0.5, 0.6) is 0 Å². The lowest BCUT2D eigenvalue weighted by molar-refractivity contribution is 0.0786. The Morgan fingerprint density at radius 2 is 2.00 bits per heavy atom. The Labute approximate surface area is 124 Å². The van der Waals surface area contributed by atoms with Crippen LogP contribution in [0.4, 0.5) is 0 Å². The van der Waals surface area contributed by atoms with Gasteiger partial charge in [0, 0.05) is 29.8 Å². The van der Waals surface area contributed by atoms with Gasteiger partial charge >= 0.3 is 0 Å². The van der Waals surface area contributed by atoms with E-state index >= 15 is 0 Å². The molecule has 0 bridgehead atoms. The van der Waals surface area contributed by atoms with Gasteiger partial charge in [-0.3, -0.25) is 4.79 Å². The summed E-state index contributed by atoms with van der Waals surface area (Å²) in [5, 5.41) is 0. The highest BCUT2D eigenvalue weighted by molar-refractivity contribution is 8.13. The van der Waals surface area contributed by atoms with Crippen LogP contribution >= 0.6 is 10.7 Å². The molecule has 2 rings (SSSR count). The van der Waals surface area contributed by atoms with Crippen LogP contribution in [0.1, 0.15) is 29.3 Å². The van der Waals surface area contributed by atoms with Crippen LogP contribution in [0.3, 0.4) is 0 Å². The van der Waals surface area contributed by atoms with Crippen molar-refractivity contribution in [3.8, 4) is 0 Å². The third-order valence-electron chi connectivity index (χ3n) is 3.71. The molecule has 0 aliphatic heterocycles. The van der Waals surface area contributed by atoms with Crippen LogP contribution in [0, 0.1) is 18.8 Å². The van der Waals surface area contributed by atoms with Crippen LogP contribution < -0.4 is 0 Å². The Balaban J connectivity index is 2.23. The predicted octanol–water partition coefficient (Wildman–Crippen LogP) is 2.65. The molecule has 1 amide bonds. The van der Waals surface area contributed by atoms with Crippen molar-refractivity contribution >= 4 is 25.6 Å². The van der Waals surface area contributed by atoms with Crippen molar-refractivity contribution < 1.29 is 13.2 Å². The van der Waals surface area contributed by atoms with Crippen molar-refractivity contribution in [1.82, 2.24) is 4.90 Å². The first-order valence-corrected chi connectivity index (χ1v) is 8.81. The fourth-order valence-electron chi connectivity index (χ4n) is 2.32. The second kappa shape index (κ2) is 5.37. The molecule has 0 N–H and O–H groups in total. The summed E-state index contributed by atoms with van der Waals surface area (Å²) in [6.07, 6.45) is 1.15. The van der Waals surface area contributed by atoms with E-state index in [2.05, 4.69) is 6.92 Å². The van der Waals surface area contributed by atoms with Crippen LogP contribution in [-0.4, -0.2) is 32.8 Å². The van der Waals surface area contributed by atoms with Gasteiger partial charge in [-0.1, -0.05) is 6.92 Å². The Morgan fingerprint density at radius 3 is 2.50 bits per heavy atom. The summed E-state index contributed by atoms with van der Waals surface area (Å²) in [7, 11) is 3.26. The van der Waals surface area contributed by atoms with Gasteiger partial charge in [-0.2, -0.15) is 0 Å². The first kappa shape index (κ1) is 15.3. The molecule has 0 aromatic heterocycles. The molecule has 6 heteroatoms. The molecule has 0 saturated heterocycles. The highest BCUT2D eigenvalue weighted by atomic mass is 35.7. The molecule has 1 saturated carbocycles. The van der Waals surface area contributed by atoms with Crippen LogP contribution in [0.25, 0.3) is 0 Å². The lowest BCUT2D eigenvalue weighted by Gasteiger charge is -2.17. The average Bonchev–Trinajstić information content (AvgIpc) is 3.01. The standard InChI is InChI=1S/C14H18ClNO3S/c1-9-4-11(7-13(5-9)20(15,18)19)14(17)16(3)8-12-6-10(12)2/h4-5,7,10,12H,6,8H2,1-3H3. The lowest BCUT2D eigenvalue weighted by atomic mass is 10.1. The van der Waals surface area contributed by atoms with Crippen molar-refractivity contribution in [2.24, 2.45) is 11.8 Å². The SMILES string of the molecule is Cc1cc(C(=O)N(C)CC2CC2C)cc(S(=O)(=O)Cl)c1. The third-order valence-corrected chi connectivity index (χ3v) is 5.04. The number of carbonyl (C=O) groups excluding carboxylic acids is 1. The van der Waals surface area contributed by atoms with E-state index in [0.717, 1.165) is 6.42 Å². The molecule has 2 atom stereocenters. The van der Waals surface area contributed by atoms with Gasteiger partial charge < -0.3 is 4.90 Å². The van der Waals surface area contributed by atoms with Crippen molar-refractivity contribution in [2.75, 3.05) is 13.6 Å². The number of rotatable bonds is 4. The van der Waals surface area contributed by atoms with Crippen molar-refractivity contribution in [2.45, 2.75) is 25.2 Å². The van der Waals surface area contributed by atoms with Gasteiger partial charge in [-0.05, 0) is 48.9 Å². The fraction of sp³-hybridized carbons (Fsp3) is 0.500. The summed E-state index contributed by atoms with van der Waals surface area (Å²) in [6, 6.07) is 4.48. The number of benzene rings is 1. The van der Waals surface area contributed by atoms with E-state index in [1.165, 1.54) is 12.1 Å².